The van der Waals surface area contributed by atoms with Crippen molar-refractivity contribution in [2.24, 2.45) is 5.73 Å². The first-order valence-corrected chi connectivity index (χ1v) is 6.65. The highest BCUT2D eigenvalue weighted by Crippen LogP contribution is 2.24. The van der Waals surface area contributed by atoms with E-state index < -0.39 is 0 Å². The summed E-state index contributed by atoms with van der Waals surface area (Å²) in [6, 6.07) is 16.4. The Morgan fingerprint density at radius 1 is 1.00 bits per heavy atom. The fraction of sp³-hybridized carbons (Fsp3) is 0.200. The molecule has 1 atom stereocenters. The number of nitrogens with two attached hydrogens (primary N) is 1. The van der Waals surface area contributed by atoms with Gasteiger partial charge in [0, 0.05) is 24.3 Å². The molecule has 3 heteroatoms. The highest BCUT2D eigenvalue weighted by molar-refractivity contribution is 9.10. The first kappa shape index (κ1) is 13.1. The quantitative estimate of drug-likeness (QED) is 0.939. The molecule has 0 aliphatic rings. The van der Waals surface area contributed by atoms with Crippen LogP contribution in [0.3, 0.4) is 0 Å². The maximum absolute atomic E-state index is 6.28. The Hall–Kier alpha value is -1.32. The van der Waals surface area contributed by atoms with Crippen LogP contribution in [0.2, 0.25) is 0 Å². The Morgan fingerprint density at radius 3 is 2.22 bits per heavy atom. The van der Waals surface area contributed by atoms with Crippen LogP contribution in [-0.2, 0) is 0 Å². The van der Waals surface area contributed by atoms with Gasteiger partial charge in [0.1, 0.15) is 0 Å². The minimum atomic E-state index is -0.0845. The number of rotatable bonds is 3. The van der Waals surface area contributed by atoms with Crippen LogP contribution in [0.25, 0.3) is 0 Å². The molecule has 0 fully saturated rings. The van der Waals surface area contributed by atoms with Crippen molar-refractivity contribution in [3.05, 3.63) is 64.1 Å². The molecule has 0 amide bonds. The topological polar surface area (TPSA) is 29.3 Å². The third-order valence-electron chi connectivity index (χ3n) is 2.98. The van der Waals surface area contributed by atoms with Gasteiger partial charge in [0.05, 0.1) is 6.04 Å². The minimum Gasteiger partial charge on any atom is -0.378 e. The number of hydrogen-bond donors (Lipinski definition) is 1. The summed E-state index contributed by atoms with van der Waals surface area (Å²) in [7, 11) is 4.06. The van der Waals surface area contributed by atoms with Crippen molar-refractivity contribution < 1.29 is 0 Å². The van der Waals surface area contributed by atoms with Gasteiger partial charge in [-0.1, -0.05) is 40.2 Å². The van der Waals surface area contributed by atoms with Crippen molar-refractivity contribution in [1.29, 1.82) is 0 Å². The number of benzene rings is 2. The Kier molecular flexibility index (Phi) is 4.04. The molecule has 0 aliphatic heterocycles. The van der Waals surface area contributed by atoms with E-state index in [4.69, 9.17) is 5.73 Å². The van der Waals surface area contributed by atoms with Gasteiger partial charge in [-0.2, -0.15) is 0 Å². The van der Waals surface area contributed by atoms with Crippen molar-refractivity contribution in [1.82, 2.24) is 0 Å². The van der Waals surface area contributed by atoms with Crippen molar-refractivity contribution in [3.63, 3.8) is 0 Å². The molecule has 0 aliphatic carbocycles. The molecule has 18 heavy (non-hydrogen) atoms. The van der Waals surface area contributed by atoms with E-state index in [0.29, 0.717) is 0 Å². The summed E-state index contributed by atoms with van der Waals surface area (Å²) in [6.07, 6.45) is 0. The average Bonchev–Trinajstić information content (AvgIpc) is 2.38. The minimum absolute atomic E-state index is 0.0845. The molecule has 2 N–H and O–H groups in total. The zero-order valence-electron chi connectivity index (χ0n) is 10.6. The van der Waals surface area contributed by atoms with Gasteiger partial charge in [-0.05, 0) is 35.4 Å². The highest BCUT2D eigenvalue weighted by atomic mass is 79.9. The zero-order valence-corrected chi connectivity index (χ0v) is 12.2. The number of halogens is 1. The third-order valence-corrected chi connectivity index (χ3v) is 3.47. The molecule has 0 aromatic heterocycles. The lowest BCUT2D eigenvalue weighted by Gasteiger charge is -2.16. The van der Waals surface area contributed by atoms with Gasteiger partial charge in [-0.3, -0.25) is 0 Å². The van der Waals surface area contributed by atoms with Gasteiger partial charge in [0.25, 0.3) is 0 Å². The Balaban J connectivity index is 2.26. The Morgan fingerprint density at radius 2 is 1.67 bits per heavy atom. The molecule has 2 aromatic rings. The number of hydrogen-bond acceptors (Lipinski definition) is 2. The van der Waals surface area contributed by atoms with Crippen LogP contribution in [0.1, 0.15) is 17.2 Å². The highest BCUT2D eigenvalue weighted by Gasteiger charge is 2.09. The summed E-state index contributed by atoms with van der Waals surface area (Å²) in [4.78, 5) is 2.08. The SMILES string of the molecule is CN(C)c1ccc(C(N)c2cccc(Br)c2)cc1. The first-order valence-electron chi connectivity index (χ1n) is 5.86. The fourth-order valence-electron chi connectivity index (χ4n) is 1.87. The van der Waals surface area contributed by atoms with Gasteiger partial charge in [0.2, 0.25) is 0 Å². The zero-order chi connectivity index (χ0) is 13.1. The summed E-state index contributed by atoms with van der Waals surface area (Å²) >= 11 is 3.47. The lowest BCUT2D eigenvalue weighted by atomic mass is 9.99. The van der Waals surface area contributed by atoms with E-state index in [1.165, 1.54) is 5.69 Å². The predicted molar refractivity (Wildman–Crippen MR) is 80.9 cm³/mol. The van der Waals surface area contributed by atoms with Gasteiger partial charge in [-0.25, -0.2) is 0 Å². The van der Waals surface area contributed by atoms with Crippen LogP contribution in [0.4, 0.5) is 5.69 Å². The molecule has 94 valence electrons. The van der Waals surface area contributed by atoms with Gasteiger partial charge >= 0.3 is 0 Å². The van der Waals surface area contributed by atoms with Crippen LogP contribution in [-0.4, -0.2) is 14.1 Å². The summed E-state index contributed by atoms with van der Waals surface area (Å²) in [6.45, 7) is 0. The summed E-state index contributed by atoms with van der Waals surface area (Å²) in [5, 5.41) is 0. The van der Waals surface area contributed by atoms with Crippen LogP contribution in [0.15, 0.2) is 53.0 Å². The van der Waals surface area contributed by atoms with E-state index in [1.54, 1.807) is 0 Å². The van der Waals surface area contributed by atoms with Crippen molar-refractivity contribution in [2.45, 2.75) is 6.04 Å². The smallest absolute Gasteiger partial charge is 0.0552 e. The van der Waals surface area contributed by atoms with Gasteiger partial charge in [0.15, 0.2) is 0 Å². The van der Waals surface area contributed by atoms with E-state index in [2.05, 4.69) is 57.2 Å². The van der Waals surface area contributed by atoms with Crippen molar-refractivity contribution >= 4 is 21.6 Å². The molecular formula is C15H17BrN2. The third kappa shape index (κ3) is 2.92. The van der Waals surface area contributed by atoms with Gasteiger partial charge < -0.3 is 10.6 Å². The van der Waals surface area contributed by atoms with Crippen LogP contribution in [0, 0.1) is 0 Å². The van der Waals surface area contributed by atoms with Gasteiger partial charge in [-0.15, -0.1) is 0 Å². The second kappa shape index (κ2) is 5.55. The summed E-state index contributed by atoms with van der Waals surface area (Å²) in [5.41, 5.74) is 9.69. The molecule has 0 radical (unpaired) electrons. The van der Waals surface area contributed by atoms with Crippen LogP contribution in [0.5, 0.6) is 0 Å². The molecule has 0 spiro atoms. The normalized spacial score (nSPS) is 12.2. The molecule has 2 aromatic carbocycles. The lowest BCUT2D eigenvalue weighted by molar-refractivity contribution is 0.870. The Labute approximate surface area is 117 Å². The molecule has 0 bridgehead atoms. The number of anilines is 1. The van der Waals surface area contributed by atoms with E-state index in [9.17, 15) is 0 Å². The van der Waals surface area contributed by atoms with E-state index in [-0.39, 0.29) is 6.04 Å². The van der Waals surface area contributed by atoms with Crippen LogP contribution < -0.4 is 10.6 Å². The van der Waals surface area contributed by atoms with Crippen LogP contribution >= 0.6 is 15.9 Å². The average molecular weight is 305 g/mol. The van der Waals surface area contributed by atoms with Crippen molar-refractivity contribution in [3.8, 4) is 0 Å². The largest absolute Gasteiger partial charge is 0.378 e. The fourth-order valence-corrected chi connectivity index (χ4v) is 2.29. The molecule has 1 unspecified atom stereocenters. The maximum Gasteiger partial charge on any atom is 0.0552 e. The second-order valence-corrected chi connectivity index (χ2v) is 5.43. The Bertz CT molecular complexity index is 520. The molecule has 2 nitrogen and oxygen atoms in total. The molecule has 0 saturated heterocycles. The maximum atomic E-state index is 6.28. The van der Waals surface area contributed by atoms with E-state index in [1.807, 2.05) is 26.2 Å². The molecule has 2 rings (SSSR count). The summed E-state index contributed by atoms with van der Waals surface area (Å²) < 4.78 is 1.06. The monoisotopic (exact) mass is 304 g/mol. The van der Waals surface area contributed by atoms with E-state index >= 15 is 0 Å². The lowest BCUT2D eigenvalue weighted by Crippen LogP contribution is -2.13. The molecular weight excluding hydrogens is 288 g/mol. The molecule has 0 heterocycles. The second-order valence-electron chi connectivity index (χ2n) is 4.52. The molecule has 0 saturated carbocycles. The first-order chi connectivity index (χ1) is 8.58. The predicted octanol–water partition coefficient (Wildman–Crippen LogP) is 3.56. The standard InChI is InChI=1S/C15H17BrN2/c1-18(2)14-8-6-11(7-9-14)15(17)12-4-3-5-13(16)10-12/h3-10,15H,17H2,1-2H3. The summed E-state index contributed by atoms with van der Waals surface area (Å²) in [5.74, 6) is 0. The van der Waals surface area contributed by atoms with E-state index in [0.717, 1.165) is 15.6 Å². The van der Waals surface area contributed by atoms with Crippen molar-refractivity contribution in [2.75, 3.05) is 19.0 Å². The number of nitrogens with zero attached hydrogens (tertiary/aromatic N) is 1.